The van der Waals surface area contributed by atoms with E-state index in [2.05, 4.69) is 10.1 Å². The second kappa shape index (κ2) is 13.5. The van der Waals surface area contributed by atoms with Gasteiger partial charge in [0.15, 0.2) is 5.57 Å². The van der Waals surface area contributed by atoms with Crippen molar-refractivity contribution in [2.45, 2.75) is 26.0 Å². The summed E-state index contributed by atoms with van der Waals surface area (Å²) < 4.78 is 41.7. The molecule has 0 fully saturated rings. The summed E-state index contributed by atoms with van der Waals surface area (Å²) in [5.41, 5.74) is -0.379. The Labute approximate surface area is 193 Å². The lowest BCUT2D eigenvalue weighted by molar-refractivity contribution is -0.115. The molecule has 0 unspecified atom stereocenters. The van der Waals surface area contributed by atoms with Crippen LogP contribution in [0.15, 0.2) is 29.1 Å². The number of aromatic nitrogens is 1. The molecule has 2 rings (SSSR count). The van der Waals surface area contributed by atoms with Crippen LogP contribution in [0, 0.1) is 11.3 Å². The monoisotopic (exact) mass is 481 g/mol. The van der Waals surface area contributed by atoms with Gasteiger partial charge in [0.05, 0.1) is 4.53 Å². The number of amides is 1. The average Bonchev–Trinajstić information content (AvgIpc) is 3.08. The van der Waals surface area contributed by atoms with Crippen LogP contribution >= 0.6 is 11.3 Å². The van der Waals surface area contributed by atoms with Gasteiger partial charge in [-0.05, 0) is 25.0 Å². The number of nitriles is 1. The molecule has 0 aliphatic heterocycles. The second-order valence-electron chi connectivity index (χ2n) is 6.72. The number of thiazole rings is 1. The Morgan fingerprint density at radius 1 is 1.24 bits per heavy atom. The number of halogens is 2. The highest BCUT2D eigenvalue weighted by Gasteiger charge is 2.16. The highest BCUT2D eigenvalue weighted by Crippen LogP contribution is 2.20. The first-order valence-electron chi connectivity index (χ1n) is 10.1. The van der Waals surface area contributed by atoms with Crippen LogP contribution in [0.25, 0.3) is 11.6 Å². The van der Waals surface area contributed by atoms with E-state index in [0.29, 0.717) is 32.6 Å². The Bertz CT molecular complexity index is 1150. The van der Waals surface area contributed by atoms with Crippen LogP contribution in [0.5, 0.6) is 5.75 Å². The molecular formula is C22H25F2N3O5S. The van der Waals surface area contributed by atoms with Gasteiger partial charge in [0.2, 0.25) is 0 Å². The molecular weight excluding hydrogens is 456 g/mol. The minimum absolute atomic E-state index is 0.0897. The lowest BCUT2D eigenvalue weighted by atomic mass is 10.2. The van der Waals surface area contributed by atoms with Crippen LogP contribution in [-0.2, 0) is 20.8 Å². The van der Waals surface area contributed by atoms with Crippen LogP contribution < -0.4 is 24.8 Å². The molecule has 1 aromatic heterocycles. The smallest absolute Gasteiger partial charge is 0.387 e. The number of rotatable bonds is 12. The third kappa shape index (κ3) is 7.49. The van der Waals surface area contributed by atoms with E-state index >= 15 is 0 Å². The number of hydrogen-bond donors (Lipinski definition) is 1. The van der Waals surface area contributed by atoms with Crippen LogP contribution in [0.1, 0.15) is 18.4 Å². The van der Waals surface area contributed by atoms with Gasteiger partial charge < -0.3 is 19.5 Å². The molecule has 1 aromatic carbocycles. The van der Waals surface area contributed by atoms with Crippen LogP contribution in [0.4, 0.5) is 8.78 Å². The molecule has 0 atom stereocenters. The van der Waals surface area contributed by atoms with Crippen molar-refractivity contribution >= 4 is 28.9 Å². The van der Waals surface area contributed by atoms with Gasteiger partial charge in [0, 0.05) is 46.1 Å². The molecule has 0 aliphatic rings. The maximum atomic E-state index is 13.1. The Kier molecular flexibility index (Phi) is 10.7. The van der Waals surface area contributed by atoms with Crippen molar-refractivity contribution in [2.24, 2.45) is 0 Å². The molecule has 8 nitrogen and oxygen atoms in total. The Morgan fingerprint density at radius 3 is 2.61 bits per heavy atom. The number of carbonyl (C=O) groups is 1. The highest BCUT2D eigenvalue weighted by atomic mass is 32.1. The lowest BCUT2D eigenvalue weighted by Gasteiger charge is -2.06. The zero-order valence-corrected chi connectivity index (χ0v) is 19.1. The number of benzene rings is 1. The van der Waals surface area contributed by atoms with Crippen LogP contribution in [0.2, 0.25) is 0 Å². The topological polar surface area (TPSA) is 103 Å². The van der Waals surface area contributed by atoms with Crippen molar-refractivity contribution in [1.29, 1.82) is 5.26 Å². The summed E-state index contributed by atoms with van der Waals surface area (Å²) in [5.74, 6) is -0.698. The molecule has 0 bridgehead atoms. The number of para-hydroxylation sites is 1. The molecule has 0 spiro atoms. The van der Waals surface area contributed by atoms with Crippen molar-refractivity contribution in [3.8, 4) is 11.8 Å². The predicted octanol–water partition coefficient (Wildman–Crippen LogP) is 1.20. The zero-order chi connectivity index (χ0) is 24.2. The molecule has 33 heavy (non-hydrogen) atoms. The first-order chi connectivity index (χ1) is 15.9. The number of nitrogens with zero attached hydrogens (tertiary/aromatic N) is 2. The number of nitrogens with one attached hydrogen (secondary N) is 1. The summed E-state index contributed by atoms with van der Waals surface area (Å²) in [4.78, 5) is 25.7. The highest BCUT2D eigenvalue weighted by molar-refractivity contribution is 7.07. The lowest BCUT2D eigenvalue weighted by Crippen LogP contribution is -2.35. The molecule has 1 heterocycles. The van der Waals surface area contributed by atoms with Crippen molar-refractivity contribution in [3.63, 3.8) is 0 Å². The van der Waals surface area contributed by atoms with Gasteiger partial charge in [-0.15, -0.1) is 11.3 Å². The van der Waals surface area contributed by atoms with E-state index in [9.17, 15) is 23.6 Å². The third-order valence-electron chi connectivity index (χ3n) is 4.42. The van der Waals surface area contributed by atoms with Gasteiger partial charge in [-0.25, -0.2) is 0 Å². The molecule has 1 amide bonds. The molecule has 178 valence electrons. The summed E-state index contributed by atoms with van der Waals surface area (Å²) in [6, 6.07) is 7.94. The largest absolute Gasteiger partial charge is 0.434 e. The van der Waals surface area contributed by atoms with E-state index in [1.165, 1.54) is 36.0 Å². The number of carbonyl (C=O) groups excluding carboxylic acids is 1. The SMILES string of the molecule is COCCCNC(=O)/C(C#N)=c1/s/c(=C\c2ccccc2OC(F)F)c(=O)n1CCCOC. The number of methoxy groups -OCH3 is 2. The maximum Gasteiger partial charge on any atom is 0.387 e. The fourth-order valence-corrected chi connectivity index (χ4v) is 4.04. The quantitative estimate of drug-likeness (QED) is 0.457. The summed E-state index contributed by atoms with van der Waals surface area (Å²) in [5, 5.41) is 12.3. The van der Waals surface area contributed by atoms with Gasteiger partial charge in [-0.1, -0.05) is 18.2 Å². The summed E-state index contributed by atoms with van der Waals surface area (Å²) in [7, 11) is 3.07. The number of hydrogen-bond acceptors (Lipinski definition) is 7. The van der Waals surface area contributed by atoms with Gasteiger partial charge in [-0.3, -0.25) is 14.2 Å². The molecule has 0 saturated carbocycles. The molecule has 1 N–H and O–H groups in total. The van der Waals surface area contributed by atoms with Gasteiger partial charge >= 0.3 is 6.61 Å². The Morgan fingerprint density at radius 2 is 1.94 bits per heavy atom. The molecule has 0 radical (unpaired) electrons. The average molecular weight is 482 g/mol. The van der Waals surface area contributed by atoms with E-state index in [-0.39, 0.29) is 32.6 Å². The van der Waals surface area contributed by atoms with Crippen LogP contribution in [-0.4, -0.2) is 51.1 Å². The third-order valence-corrected chi connectivity index (χ3v) is 5.55. The predicted molar refractivity (Wildman–Crippen MR) is 119 cm³/mol. The summed E-state index contributed by atoms with van der Waals surface area (Å²) in [6.45, 7) is -1.69. The van der Waals surface area contributed by atoms with E-state index < -0.39 is 18.1 Å². The maximum absolute atomic E-state index is 13.1. The van der Waals surface area contributed by atoms with E-state index in [1.54, 1.807) is 13.2 Å². The second-order valence-corrected chi connectivity index (χ2v) is 7.75. The summed E-state index contributed by atoms with van der Waals surface area (Å²) in [6.07, 6.45) is 2.44. The van der Waals surface area contributed by atoms with Crippen LogP contribution in [0.3, 0.4) is 0 Å². The van der Waals surface area contributed by atoms with E-state index in [1.807, 2.05) is 6.07 Å². The first-order valence-corrected chi connectivity index (χ1v) is 10.9. The van der Waals surface area contributed by atoms with Crippen molar-refractivity contribution < 1.29 is 27.8 Å². The Balaban J connectivity index is 2.60. The number of alkyl halides is 2. The standard InChI is InChI=1S/C22H25F2N3O5S/c1-30-11-5-9-26-19(28)16(14-25)21-27(10-6-12-31-2)20(29)18(33-21)13-15-7-3-4-8-17(15)32-22(23)24/h3-4,7-8,13,22H,5-6,9-12H2,1-2H3,(H,26,28)/b18-13-,21-16+. The number of ether oxygens (including phenoxy) is 3. The minimum atomic E-state index is -3.02. The first kappa shape index (κ1) is 26.2. The summed E-state index contributed by atoms with van der Waals surface area (Å²) >= 11 is 0.937. The van der Waals surface area contributed by atoms with Crippen molar-refractivity contribution in [2.75, 3.05) is 34.0 Å². The fraction of sp³-hybridized carbons (Fsp3) is 0.409. The van der Waals surface area contributed by atoms with Gasteiger partial charge in [0.1, 0.15) is 16.5 Å². The van der Waals surface area contributed by atoms with Gasteiger partial charge in [0.25, 0.3) is 11.5 Å². The van der Waals surface area contributed by atoms with Crippen molar-refractivity contribution in [1.82, 2.24) is 9.88 Å². The van der Waals surface area contributed by atoms with E-state index in [4.69, 9.17) is 9.47 Å². The Hall–Kier alpha value is -3.07. The van der Waals surface area contributed by atoms with Crippen molar-refractivity contribution in [3.05, 3.63) is 49.4 Å². The molecule has 0 aliphatic carbocycles. The molecule has 0 saturated heterocycles. The zero-order valence-electron chi connectivity index (χ0n) is 18.3. The fourth-order valence-electron chi connectivity index (χ4n) is 2.92. The molecule has 11 heteroatoms. The minimum Gasteiger partial charge on any atom is -0.434 e. The molecule has 2 aromatic rings. The van der Waals surface area contributed by atoms with Gasteiger partial charge in [-0.2, -0.15) is 14.0 Å². The normalized spacial score (nSPS) is 12.5. The van der Waals surface area contributed by atoms with E-state index in [0.717, 1.165) is 11.3 Å².